The summed E-state index contributed by atoms with van der Waals surface area (Å²) < 4.78 is 0.684. The van der Waals surface area contributed by atoms with E-state index in [1.54, 1.807) is 12.1 Å². The lowest BCUT2D eigenvalue weighted by Crippen LogP contribution is -2.19. The monoisotopic (exact) mass is 414 g/mol. The van der Waals surface area contributed by atoms with E-state index in [1.165, 1.54) is 16.9 Å². The van der Waals surface area contributed by atoms with Crippen molar-refractivity contribution in [3.63, 3.8) is 0 Å². The second-order valence-electron chi connectivity index (χ2n) is 6.64. The third-order valence-corrected chi connectivity index (χ3v) is 5.95. The van der Waals surface area contributed by atoms with Crippen molar-refractivity contribution >= 4 is 44.7 Å². The number of hydrogen-bond donors (Lipinski definition) is 3. The second kappa shape index (κ2) is 8.35. The number of benzene rings is 2. The van der Waals surface area contributed by atoms with Crippen LogP contribution in [0.5, 0.6) is 5.75 Å². The fraction of sp³-hybridized carbons (Fsp3) is 0.227. The number of phenolic OH excluding ortho intramolecular Hbond substituents is 1. The van der Waals surface area contributed by atoms with Gasteiger partial charge in [0.2, 0.25) is 0 Å². The lowest BCUT2D eigenvalue weighted by molar-refractivity contribution is 0.478. The van der Waals surface area contributed by atoms with Crippen LogP contribution in [-0.2, 0) is 0 Å². The van der Waals surface area contributed by atoms with Crippen LogP contribution in [-0.4, -0.2) is 16.6 Å². The number of thiophene rings is 1. The Bertz CT molecular complexity index is 1170. The second-order valence-corrected chi connectivity index (χ2v) is 7.56. The number of aromatic amines is 1. The molecule has 0 aliphatic carbocycles. The molecule has 4 rings (SSSR count). The fourth-order valence-electron chi connectivity index (χ4n) is 3.76. The highest BCUT2D eigenvalue weighted by atomic mass is 35.5. The molecular formula is C22H23ClN2O2S. The molecule has 6 heteroatoms. The largest absolute Gasteiger partial charge is 0.507 e. The molecule has 0 aliphatic rings. The molecule has 0 amide bonds. The Morgan fingerprint density at radius 1 is 1.11 bits per heavy atom. The van der Waals surface area contributed by atoms with Crippen molar-refractivity contribution in [2.75, 3.05) is 6.54 Å². The van der Waals surface area contributed by atoms with Crippen molar-refractivity contribution in [3.05, 3.63) is 63.8 Å². The summed E-state index contributed by atoms with van der Waals surface area (Å²) in [6.45, 7) is 5.20. The number of phenols is 1. The minimum Gasteiger partial charge on any atom is -0.507 e. The number of halogens is 1. The number of rotatable bonds is 5. The summed E-state index contributed by atoms with van der Waals surface area (Å²) in [6.07, 6.45) is 1.02. The molecule has 3 N–H and O–H groups in total. The van der Waals surface area contributed by atoms with E-state index < -0.39 is 0 Å². The third-order valence-electron chi connectivity index (χ3n) is 5.03. The average molecular weight is 415 g/mol. The van der Waals surface area contributed by atoms with Crippen LogP contribution >= 0.6 is 23.7 Å². The molecule has 0 fully saturated rings. The van der Waals surface area contributed by atoms with E-state index in [9.17, 15) is 9.90 Å². The maximum atomic E-state index is 12.3. The Balaban J connectivity index is 0.00000225. The zero-order valence-electron chi connectivity index (χ0n) is 15.8. The van der Waals surface area contributed by atoms with Gasteiger partial charge in [-0.3, -0.25) is 4.79 Å². The molecule has 2 aromatic heterocycles. The van der Waals surface area contributed by atoms with Crippen molar-refractivity contribution in [3.8, 4) is 16.9 Å². The molecule has 0 aliphatic heterocycles. The van der Waals surface area contributed by atoms with Crippen molar-refractivity contribution in [1.82, 2.24) is 10.3 Å². The molecule has 28 heavy (non-hydrogen) atoms. The van der Waals surface area contributed by atoms with Gasteiger partial charge in [0.1, 0.15) is 10.4 Å². The van der Waals surface area contributed by atoms with E-state index in [1.807, 2.05) is 23.6 Å². The Hall–Kier alpha value is -2.34. The normalized spacial score (nSPS) is 12.2. The lowest BCUT2D eigenvalue weighted by atomic mass is 9.95. The predicted octanol–water partition coefficient (Wildman–Crippen LogP) is 5.60. The van der Waals surface area contributed by atoms with Gasteiger partial charge in [0.15, 0.2) is 0 Å². The van der Waals surface area contributed by atoms with Crippen LogP contribution in [0.25, 0.3) is 32.1 Å². The smallest absolute Gasteiger partial charge is 0.266 e. The Morgan fingerprint density at radius 3 is 2.54 bits per heavy atom. The summed E-state index contributed by atoms with van der Waals surface area (Å²) in [4.78, 5) is 15.2. The molecule has 0 saturated heterocycles. The van der Waals surface area contributed by atoms with E-state index in [0.717, 1.165) is 40.4 Å². The molecule has 0 radical (unpaired) electrons. The van der Waals surface area contributed by atoms with Crippen LogP contribution in [0.15, 0.2) is 52.6 Å². The highest BCUT2D eigenvalue weighted by Crippen LogP contribution is 2.39. The molecule has 146 valence electrons. The average Bonchev–Trinajstić information content (AvgIpc) is 3.18. The van der Waals surface area contributed by atoms with Gasteiger partial charge >= 0.3 is 0 Å². The number of fused-ring (bicyclic) bond motifs is 3. The molecule has 1 atom stereocenters. The first-order chi connectivity index (χ1) is 13.1. The van der Waals surface area contributed by atoms with Gasteiger partial charge in [-0.1, -0.05) is 38.1 Å². The van der Waals surface area contributed by atoms with Gasteiger partial charge in [0.25, 0.3) is 5.56 Å². The fourth-order valence-corrected chi connectivity index (χ4v) is 4.55. The van der Waals surface area contributed by atoms with Gasteiger partial charge in [-0.15, -0.1) is 23.7 Å². The Kier molecular flexibility index (Phi) is 6.08. The molecule has 2 aromatic carbocycles. The molecule has 2 heterocycles. The van der Waals surface area contributed by atoms with Crippen LogP contribution in [0, 0.1) is 0 Å². The van der Waals surface area contributed by atoms with Crippen LogP contribution in [0.1, 0.15) is 31.9 Å². The van der Waals surface area contributed by atoms with Crippen LogP contribution in [0.4, 0.5) is 0 Å². The van der Waals surface area contributed by atoms with Gasteiger partial charge < -0.3 is 15.4 Å². The van der Waals surface area contributed by atoms with E-state index in [4.69, 9.17) is 0 Å². The van der Waals surface area contributed by atoms with Crippen molar-refractivity contribution < 1.29 is 5.11 Å². The number of hydrogen-bond acceptors (Lipinski definition) is 4. The number of nitrogens with one attached hydrogen (secondary N) is 2. The summed E-state index contributed by atoms with van der Waals surface area (Å²) in [5.41, 5.74) is 3.58. The highest BCUT2D eigenvalue weighted by molar-refractivity contribution is 7.17. The Morgan fingerprint density at radius 2 is 1.86 bits per heavy atom. The summed E-state index contributed by atoms with van der Waals surface area (Å²) in [7, 11) is 0. The molecule has 0 spiro atoms. The Labute approximate surface area is 173 Å². The molecule has 0 saturated carbocycles. The number of aromatic nitrogens is 1. The van der Waals surface area contributed by atoms with Gasteiger partial charge in [-0.05, 0) is 47.7 Å². The van der Waals surface area contributed by atoms with Gasteiger partial charge in [-0.25, -0.2) is 0 Å². The van der Waals surface area contributed by atoms with Crippen LogP contribution < -0.4 is 10.9 Å². The molecular weight excluding hydrogens is 392 g/mol. The third kappa shape index (κ3) is 3.41. The SMILES string of the molecule is CCN[C@@H](CC)c1ccc(-c2c(O)ccc3[nH]c(=O)c4sccc4c23)cc1.Cl. The summed E-state index contributed by atoms with van der Waals surface area (Å²) >= 11 is 1.42. The highest BCUT2D eigenvalue weighted by Gasteiger charge is 2.16. The van der Waals surface area contributed by atoms with E-state index in [2.05, 4.69) is 36.3 Å². The standard InChI is InChI=1S/C22H22N2O2S.ClH/c1-3-16(23-4-2)13-5-7-14(8-6-13)19-18(25)10-9-17-20(19)15-11-12-27-21(15)22(26)24-17;/h5-12,16,23,25H,3-4H2,1-2H3,(H,24,26);1H/t16-;/m0./s1. The number of aromatic hydroxyl groups is 1. The molecule has 0 bridgehead atoms. The zero-order chi connectivity index (χ0) is 19.0. The minimum absolute atomic E-state index is 0. The maximum absolute atomic E-state index is 12.3. The van der Waals surface area contributed by atoms with Crippen molar-refractivity contribution in [2.24, 2.45) is 0 Å². The number of H-pyrrole nitrogens is 1. The van der Waals surface area contributed by atoms with Crippen LogP contribution in [0.3, 0.4) is 0 Å². The quantitative estimate of drug-likeness (QED) is 0.398. The topological polar surface area (TPSA) is 65.1 Å². The van der Waals surface area contributed by atoms with Crippen LogP contribution in [0.2, 0.25) is 0 Å². The molecule has 0 unspecified atom stereocenters. The van der Waals surface area contributed by atoms with Gasteiger partial charge in [0, 0.05) is 27.9 Å². The first-order valence-electron chi connectivity index (χ1n) is 9.22. The van der Waals surface area contributed by atoms with Crippen molar-refractivity contribution in [2.45, 2.75) is 26.3 Å². The number of pyridine rings is 1. The minimum atomic E-state index is -0.0871. The zero-order valence-corrected chi connectivity index (χ0v) is 17.4. The summed E-state index contributed by atoms with van der Waals surface area (Å²) in [5, 5.41) is 17.8. The van der Waals surface area contributed by atoms with E-state index in [0.29, 0.717) is 10.7 Å². The van der Waals surface area contributed by atoms with Gasteiger partial charge in [0.05, 0.1) is 0 Å². The lowest BCUT2D eigenvalue weighted by Gasteiger charge is -2.17. The molecule has 4 aromatic rings. The summed E-state index contributed by atoms with van der Waals surface area (Å²) in [6, 6.07) is 14.0. The first-order valence-corrected chi connectivity index (χ1v) is 10.1. The first kappa shape index (κ1) is 20.4. The maximum Gasteiger partial charge on any atom is 0.266 e. The van der Waals surface area contributed by atoms with E-state index in [-0.39, 0.29) is 23.7 Å². The van der Waals surface area contributed by atoms with Gasteiger partial charge in [-0.2, -0.15) is 0 Å². The van der Waals surface area contributed by atoms with E-state index >= 15 is 0 Å². The summed E-state index contributed by atoms with van der Waals surface area (Å²) in [5.74, 6) is 0.216. The molecule has 4 nitrogen and oxygen atoms in total. The van der Waals surface area contributed by atoms with Crippen molar-refractivity contribution in [1.29, 1.82) is 0 Å². The predicted molar refractivity (Wildman–Crippen MR) is 121 cm³/mol.